The molecule has 38 heavy (non-hydrogen) atoms. The zero-order valence-corrected chi connectivity index (χ0v) is 19.5. The Balaban J connectivity index is 1.74. The van der Waals surface area contributed by atoms with Crippen LogP contribution >= 0.6 is 0 Å². The second-order valence-electron chi connectivity index (χ2n) is 8.78. The Hall–Kier alpha value is -4.61. The Morgan fingerprint density at radius 1 is 1.16 bits per heavy atom. The summed E-state index contributed by atoms with van der Waals surface area (Å²) in [4.78, 5) is 41.9. The van der Waals surface area contributed by atoms with Gasteiger partial charge in [0.2, 0.25) is 0 Å². The highest BCUT2D eigenvalue weighted by molar-refractivity contribution is 6.04. The number of nitrogens with one attached hydrogen (secondary N) is 1. The summed E-state index contributed by atoms with van der Waals surface area (Å²) in [6, 6.07) is 6.07. The Kier molecular flexibility index (Phi) is 6.17. The number of aromatic hydroxyl groups is 1. The molecule has 0 aliphatic carbocycles. The Morgan fingerprint density at radius 3 is 2.53 bits per heavy atom. The van der Waals surface area contributed by atoms with Gasteiger partial charge in [0.05, 0.1) is 23.2 Å². The Labute approximate surface area is 212 Å². The predicted octanol–water partition coefficient (Wildman–Crippen LogP) is 3.59. The van der Waals surface area contributed by atoms with Gasteiger partial charge in [-0.05, 0) is 36.3 Å². The highest BCUT2D eigenvalue weighted by Gasteiger charge is 2.35. The van der Waals surface area contributed by atoms with E-state index in [0.29, 0.717) is 17.5 Å². The van der Waals surface area contributed by atoms with Crippen molar-refractivity contribution in [3.05, 3.63) is 81.2 Å². The van der Waals surface area contributed by atoms with Crippen LogP contribution in [-0.2, 0) is 11.0 Å². The normalized spacial score (nSPS) is 18.3. The molecular weight excluding hydrogens is 507 g/mol. The van der Waals surface area contributed by atoms with Gasteiger partial charge >= 0.3 is 12.1 Å². The molecule has 1 amide bonds. The summed E-state index contributed by atoms with van der Waals surface area (Å²) in [5, 5.41) is 22.0. The van der Waals surface area contributed by atoms with Crippen LogP contribution in [0.2, 0.25) is 0 Å². The summed E-state index contributed by atoms with van der Waals surface area (Å²) in [5.74, 6) is -2.87. The van der Waals surface area contributed by atoms with E-state index in [1.165, 1.54) is 22.8 Å². The number of hydrogen-bond donors (Lipinski definition) is 3. The molecule has 9 nitrogen and oxygen atoms in total. The van der Waals surface area contributed by atoms with Crippen LogP contribution in [0.3, 0.4) is 0 Å². The molecule has 2 aliphatic rings. The lowest BCUT2D eigenvalue weighted by Crippen LogP contribution is -2.39. The van der Waals surface area contributed by atoms with Crippen molar-refractivity contribution in [2.75, 3.05) is 13.2 Å². The first-order valence-electron chi connectivity index (χ1n) is 11.5. The average molecular weight is 527 g/mol. The number of carboxylic acids is 1. The predicted molar refractivity (Wildman–Crippen MR) is 130 cm³/mol. The summed E-state index contributed by atoms with van der Waals surface area (Å²) < 4.78 is 46.7. The standard InChI is InChI=1S/C26H20F3N3O6/c27-26(28,29)14-6-4-13(5-7-14)18-12-38-23-15(17-3-1-2-10-30-17)8-9-16-21(23)32(18)25(37)20(22(16)35)24(36)31-11-19(33)34/h1-2,4-10,17-18,35H,3,11-12H2,(H,31,36)(H,33,34). The van der Waals surface area contributed by atoms with Gasteiger partial charge in [0.15, 0.2) is 0 Å². The van der Waals surface area contributed by atoms with Gasteiger partial charge in [-0.25, -0.2) is 0 Å². The third-order valence-corrected chi connectivity index (χ3v) is 6.48. The second-order valence-corrected chi connectivity index (χ2v) is 8.78. The molecule has 0 saturated heterocycles. The van der Waals surface area contributed by atoms with Crippen molar-refractivity contribution >= 4 is 29.0 Å². The maximum atomic E-state index is 13.7. The highest BCUT2D eigenvalue weighted by Crippen LogP contribution is 2.44. The molecule has 0 saturated carbocycles. The minimum absolute atomic E-state index is 0.0794. The number of ether oxygens (including phenoxy) is 1. The van der Waals surface area contributed by atoms with Crippen LogP contribution in [0, 0.1) is 0 Å². The minimum Gasteiger partial charge on any atom is -0.506 e. The lowest BCUT2D eigenvalue weighted by molar-refractivity contribution is -0.138. The lowest BCUT2D eigenvalue weighted by Gasteiger charge is -2.32. The van der Waals surface area contributed by atoms with Gasteiger partial charge in [0.25, 0.3) is 11.5 Å². The molecular formula is C26H20F3N3O6. The number of hydrogen-bond acceptors (Lipinski definition) is 6. The first-order valence-corrected chi connectivity index (χ1v) is 11.5. The molecule has 12 heteroatoms. The number of aromatic nitrogens is 1. The number of halogens is 3. The number of alkyl halides is 3. The molecule has 0 radical (unpaired) electrons. The lowest BCUT2D eigenvalue weighted by atomic mass is 9.95. The van der Waals surface area contributed by atoms with Crippen molar-refractivity contribution in [2.45, 2.75) is 24.7 Å². The molecule has 3 aromatic rings. The van der Waals surface area contributed by atoms with Crippen molar-refractivity contribution in [3.8, 4) is 11.5 Å². The zero-order chi connectivity index (χ0) is 27.2. The molecule has 2 unspecified atom stereocenters. The number of dihydropyridines is 1. The monoisotopic (exact) mass is 527 g/mol. The zero-order valence-electron chi connectivity index (χ0n) is 19.5. The fourth-order valence-corrected chi connectivity index (χ4v) is 4.70. The molecule has 0 fully saturated rings. The van der Waals surface area contributed by atoms with Crippen molar-refractivity contribution in [1.82, 2.24) is 9.88 Å². The molecule has 1 aromatic heterocycles. The van der Waals surface area contributed by atoms with Crippen LogP contribution in [0.15, 0.2) is 58.3 Å². The van der Waals surface area contributed by atoms with E-state index < -0.39 is 53.1 Å². The van der Waals surface area contributed by atoms with Gasteiger partial charge < -0.3 is 20.3 Å². The van der Waals surface area contributed by atoms with Crippen LogP contribution in [0.4, 0.5) is 13.2 Å². The fourth-order valence-electron chi connectivity index (χ4n) is 4.70. The maximum absolute atomic E-state index is 13.7. The minimum atomic E-state index is -4.56. The van der Waals surface area contributed by atoms with Gasteiger partial charge in [-0.3, -0.25) is 23.9 Å². The van der Waals surface area contributed by atoms with Gasteiger partial charge in [0, 0.05) is 17.2 Å². The van der Waals surface area contributed by atoms with Gasteiger partial charge in [-0.1, -0.05) is 24.3 Å². The maximum Gasteiger partial charge on any atom is 0.416 e. The summed E-state index contributed by atoms with van der Waals surface area (Å²) in [6.07, 6.45) is 1.30. The average Bonchev–Trinajstić information content (AvgIpc) is 2.90. The van der Waals surface area contributed by atoms with Crippen LogP contribution < -0.4 is 15.6 Å². The van der Waals surface area contributed by atoms with Gasteiger partial charge in [-0.15, -0.1) is 0 Å². The third-order valence-electron chi connectivity index (χ3n) is 6.48. The number of amides is 1. The van der Waals surface area contributed by atoms with Crippen molar-refractivity contribution in [3.63, 3.8) is 0 Å². The second kappa shape index (κ2) is 9.36. The van der Waals surface area contributed by atoms with Gasteiger partial charge in [-0.2, -0.15) is 13.2 Å². The van der Waals surface area contributed by atoms with Crippen LogP contribution in [-0.4, -0.2) is 46.0 Å². The number of pyridine rings is 1. The molecule has 3 N–H and O–H groups in total. The van der Waals surface area contributed by atoms with Crippen molar-refractivity contribution < 1.29 is 37.7 Å². The number of benzene rings is 2. The van der Waals surface area contributed by atoms with E-state index in [4.69, 9.17) is 9.84 Å². The number of carbonyl (C=O) groups is 2. The topological polar surface area (TPSA) is 130 Å². The quantitative estimate of drug-likeness (QED) is 0.465. The number of aliphatic imine (C=N–C) groups is 1. The molecule has 2 aromatic carbocycles. The Morgan fingerprint density at radius 2 is 1.89 bits per heavy atom. The first-order chi connectivity index (χ1) is 18.1. The molecule has 5 rings (SSSR count). The number of carboxylic acid groups (broad SMARTS) is 1. The summed E-state index contributed by atoms with van der Waals surface area (Å²) in [7, 11) is 0. The number of allylic oxidation sites excluding steroid dienone is 1. The number of nitrogens with zero attached hydrogens (tertiary/aromatic N) is 2. The largest absolute Gasteiger partial charge is 0.506 e. The van der Waals surface area contributed by atoms with E-state index in [-0.39, 0.29) is 29.3 Å². The molecule has 196 valence electrons. The molecule has 0 bridgehead atoms. The summed E-state index contributed by atoms with van der Waals surface area (Å²) >= 11 is 0. The van der Waals surface area contributed by atoms with Crippen LogP contribution in [0.1, 0.15) is 45.6 Å². The smallest absolute Gasteiger partial charge is 0.416 e. The van der Waals surface area contributed by atoms with Crippen LogP contribution in [0.25, 0.3) is 10.9 Å². The Bertz CT molecular complexity index is 1570. The third kappa shape index (κ3) is 4.27. The van der Waals surface area contributed by atoms with Crippen molar-refractivity contribution in [2.24, 2.45) is 4.99 Å². The van der Waals surface area contributed by atoms with Crippen molar-refractivity contribution in [1.29, 1.82) is 0 Å². The number of aliphatic carboxylic acids is 1. The van der Waals surface area contributed by atoms with E-state index in [0.717, 1.165) is 12.1 Å². The van der Waals surface area contributed by atoms with E-state index in [2.05, 4.69) is 10.3 Å². The fraction of sp³-hybridized carbons (Fsp3) is 0.231. The molecule has 2 aliphatic heterocycles. The van der Waals surface area contributed by atoms with E-state index in [1.807, 2.05) is 6.08 Å². The number of rotatable bonds is 5. The first kappa shape index (κ1) is 25.1. The molecule has 0 spiro atoms. The summed E-state index contributed by atoms with van der Waals surface area (Å²) in [5.41, 5.74) is -1.42. The SMILES string of the molecule is O=C(O)CNC(=O)c1c(O)c2ccc(C3CC=CC=N3)c3c2n(c1=O)C(c1ccc(C(F)(F)F)cc1)CO3. The molecule has 3 heterocycles. The molecule has 2 atom stereocenters. The van der Waals surface area contributed by atoms with Gasteiger partial charge in [0.1, 0.15) is 30.2 Å². The van der Waals surface area contributed by atoms with Crippen LogP contribution in [0.5, 0.6) is 11.5 Å². The summed E-state index contributed by atoms with van der Waals surface area (Å²) in [6.45, 7) is -0.948. The van der Waals surface area contributed by atoms with E-state index in [1.54, 1.807) is 18.4 Å². The van der Waals surface area contributed by atoms with E-state index >= 15 is 0 Å². The number of carbonyl (C=O) groups excluding carboxylic acids is 1. The van der Waals surface area contributed by atoms with E-state index in [9.17, 15) is 32.7 Å². The highest BCUT2D eigenvalue weighted by atomic mass is 19.4.